The van der Waals surface area contributed by atoms with Crippen LogP contribution in [0.4, 0.5) is 0 Å². The zero-order chi connectivity index (χ0) is 43.1. The number of rotatable bonds is 16. The molecule has 4 aromatic carbocycles. The van der Waals surface area contributed by atoms with E-state index in [-0.39, 0.29) is 40.8 Å². The number of fused-ring (bicyclic) bond motifs is 2. The molecule has 1 unspecified atom stereocenters. The minimum atomic E-state index is -4.31. The van der Waals surface area contributed by atoms with Crippen LogP contribution in [-0.4, -0.2) is 126 Å². The van der Waals surface area contributed by atoms with Gasteiger partial charge in [-0.15, -0.1) is 0 Å². The predicted molar refractivity (Wildman–Crippen MR) is 237 cm³/mol. The molecule has 14 heteroatoms. The summed E-state index contributed by atoms with van der Waals surface area (Å²) in [6, 6.07) is 23.7. The molecular formula is C47H57N7O6S. The molecule has 1 aromatic heterocycles. The second-order valence-electron chi connectivity index (χ2n) is 16.2. The van der Waals surface area contributed by atoms with Crippen molar-refractivity contribution >= 4 is 38.5 Å². The number of nitrogens with one attached hydrogen (secondary N) is 1. The monoisotopic (exact) mass is 847 g/mol. The maximum atomic E-state index is 15.1. The van der Waals surface area contributed by atoms with E-state index in [4.69, 9.17) is 4.98 Å². The Morgan fingerprint density at radius 3 is 2.23 bits per heavy atom. The third-order valence-electron chi connectivity index (χ3n) is 11.9. The normalized spacial score (nSPS) is 16.1. The van der Waals surface area contributed by atoms with Crippen LogP contribution < -0.4 is 4.72 Å². The van der Waals surface area contributed by atoms with Crippen molar-refractivity contribution in [3.05, 3.63) is 119 Å². The minimum absolute atomic E-state index is 0.0495. The van der Waals surface area contributed by atoms with E-state index in [1.165, 1.54) is 24.3 Å². The molecule has 2 N–H and O–H groups in total. The SMILES string of the molecule is CCCCN(CCCC)C(=O)c1cn(CCN2CCN(C)CC2)c(-c2ccc(C(=O)NS(=O)(=O)c3ccc4ccccc4c3)cc2C(=O)N2Cc3ccccc3CC2CO)n1. The largest absolute Gasteiger partial charge is 0.394 e. The summed E-state index contributed by atoms with van der Waals surface area (Å²) >= 11 is 0. The number of aliphatic hydroxyl groups excluding tert-OH is 1. The summed E-state index contributed by atoms with van der Waals surface area (Å²) in [5, 5.41) is 12.2. The van der Waals surface area contributed by atoms with Crippen molar-refractivity contribution in [1.29, 1.82) is 0 Å². The highest BCUT2D eigenvalue weighted by molar-refractivity contribution is 7.90. The van der Waals surface area contributed by atoms with Gasteiger partial charge in [0.25, 0.3) is 27.7 Å². The highest BCUT2D eigenvalue weighted by Crippen LogP contribution is 2.31. The minimum Gasteiger partial charge on any atom is -0.394 e. The second-order valence-corrected chi connectivity index (χ2v) is 17.9. The fraction of sp³-hybridized carbons (Fsp3) is 0.404. The van der Waals surface area contributed by atoms with Gasteiger partial charge >= 0.3 is 0 Å². The first-order chi connectivity index (χ1) is 29.5. The maximum Gasteiger partial charge on any atom is 0.274 e. The number of nitrogens with zero attached hydrogens (tertiary/aromatic N) is 6. The van der Waals surface area contributed by atoms with Crippen molar-refractivity contribution in [1.82, 2.24) is 33.9 Å². The van der Waals surface area contributed by atoms with Gasteiger partial charge in [-0.3, -0.25) is 19.3 Å². The van der Waals surface area contributed by atoms with E-state index in [1.807, 2.05) is 51.9 Å². The van der Waals surface area contributed by atoms with Crippen LogP contribution in [0.2, 0.25) is 0 Å². The lowest BCUT2D eigenvalue weighted by Crippen LogP contribution is -2.46. The zero-order valence-corrected chi connectivity index (χ0v) is 36.2. The highest BCUT2D eigenvalue weighted by atomic mass is 32.2. The molecule has 322 valence electrons. The number of aromatic nitrogens is 2. The number of hydrogen-bond acceptors (Lipinski definition) is 9. The molecule has 2 aliphatic rings. The molecule has 1 saturated heterocycles. The highest BCUT2D eigenvalue weighted by Gasteiger charge is 2.33. The zero-order valence-electron chi connectivity index (χ0n) is 35.4. The first-order valence-corrected chi connectivity index (χ1v) is 22.9. The average Bonchev–Trinajstić information content (AvgIpc) is 3.71. The summed E-state index contributed by atoms with van der Waals surface area (Å²) in [5.74, 6) is -1.16. The molecule has 1 atom stereocenters. The summed E-state index contributed by atoms with van der Waals surface area (Å²) < 4.78 is 31.4. The van der Waals surface area contributed by atoms with Gasteiger partial charge in [0, 0.05) is 76.2 Å². The van der Waals surface area contributed by atoms with E-state index in [9.17, 15) is 23.1 Å². The van der Waals surface area contributed by atoms with E-state index in [0.717, 1.165) is 68.4 Å². The fourth-order valence-corrected chi connectivity index (χ4v) is 9.18. The molecule has 3 amide bonds. The quantitative estimate of drug-likeness (QED) is 0.128. The van der Waals surface area contributed by atoms with Gasteiger partial charge in [-0.05, 0) is 78.5 Å². The van der Waals surface area contributed by atoms with E-state index < -0.39 is 27.9 Å². The number of benzene rings is 4. The summed E-state index contributed by atoms with van der Waals surface area (Å²) in [4.78, 5) is 56.3. The molecular weight excluding hydrogens is 791 g/mol. The van der Waals surface area contributed by atoms with Crippen LogP contribution in [0.3, 0.4) is 0 Å². The Morgan fingerprint density at radius 2 is 1.52 bits per heavy atom. The molecule has 0 bridgehead atoms. The molecule has 13 nitrogen and oxygen atoms in total. The number of amides is 3. The summed E-state index contributed by atoms with van der Waals surface area (Å²) in [6.45, 7) is 10.2. The Balaban J connectivity index is 1.30. The van der Waals surface area contributed by atoms with E-state index in [2.05, 4.69) is 35.4 Å². The fourth-order valence-electron chi connectivity index (χ4n) is 8.17. The molecule has 0 saturated carbocycles. The molecule has 3 heterocycles. The van der Waals surface area contributed by atoms with Gasteiger partial charge in [-0.25, -0.2) is 18.1 Å². The van der Waals surface area contributed by atoms with Crippen molar-refractivity contribution in [2.24, 2.45) is 0 Å². The number of piperazine rings is 1. The predicted octanol–water partition coefficient (Wildman–Crippen LogP) is 5.67. The van der Waals surface area contributed by atoms with Gasteiger partial charge in [-0.1, -0.05) is 81.3 Å². The van der Waals surface area contributed by atoms with Crippen molar-refractivity contribution < 1.29 is 27.9 Å². The molecule has 2 aliphatic heterocycles. The number of carbonyl (C=O) groups excluding carboxylic acids is 3. The van der Waals surface area contributed by atoms with Crippen LogP contribution >= 0.6 is 0 Å². The Morgan fingerprint density at radius 1 is 0.836 bits per heavy atom. The van der Waals surface area contributed by atoms with Crippen LogP contribution in [0.25, 0.3) is 22.2 Å². The number of carbonyl (C=O) groups is 3. The lowest BCUT2D eigenvalue weighted by molar-refractivity contribution is 0.0544. The van der Waals surface area contributed by atoms with Gasteiger partial charge < -0.3 is 24.4 Å². The van der Waals surface area contributed by atoms with Crippen LogP contribution in [0.15, 0.2) is 96.0 Å². The van der Waals surface area contributed by atoms with Crippen LogP contribution in [0.5, 0.6) is 0 Å². The first-order valence-electron chi connectivity index (χ1n) is 21.5. The van der Waals surface area contributed by atoms with Gasteiger partial charge in [0.05, 0.1) is 23.1 Å². The maximum absolute atomic E-state index is 15.1. The number of unbranched alkanes of at least 4 members (excludes halogenated alkanes) is 2. The van der Waals surface area contributed by atoms with E-state index in [0.29, 0.717) is 49.4 Å². The van der Waals surface area contributed by atoms with Gasteiger partial charge in [0.15, 0.2) is 0 Å². The third-order valence-corrected chi connectivity index (χ3v) is 13.3. The number of hydrogen-bond donors (Lipinski definition) is 2. The number of imidazole rings is 1. The van der Waals surface area contributed by atoms with Crippen molar-refractivity contribution in [3.8, 4) is 11.4 Å². The van der Waals surface area contributed by atoms with Crippen LogP contribution in [-0.2, 0) is 29.5 Å². The lowest BCUT2D eigenvalue weighted by atomic mass is 9.92. The summed E-state index contributed by atoms with van der Waals surface area (Å²) in [7, 11) is -2.20. The Kier molecular flexibility index (Phi) is 14.0. The van der Waals surface area contributed by atoms with Crippen LogP contribution in [0.1, 0.15) is 81.9 Å². The molecule has 0 aliphatic carbocycles. The Hall–Kier alpha value is -5.41. The number of likely N-dealkylation sites (N-methyl/N-ethyl adjacent to an activating group) is 1. The average molecular weight is 848 g/mol. The Labute approximate surface area is 359 Å². The van der Waals surface area contributed by atoms with E-state index in [1.54, 1.807) is 29.3 Å². The topological polar surface area (TPSA) is 148 Å². The lowest BCUT2D eigenvalue weighted by Gasteiger charge is -2.36. The number of sulfonamides is 1. The van der Waals surface area contributed by atoms with Crippen molar-refractivity contribution in [2.75, 3.05) is 59.5 Å². The molecule has 5 aromatic rings. The molecule has 1 fully saturated rings. The van der Waals surface area contributed by atoms with Crippen molar-refractivity contribution in [3.63, 3.8) is 0 Å². The third kappa shape index (κ3) is 10.0. The van der Waals surface area contributed by atoms with Crippen molar-refractivity contribution in [2.45, 2.75) is 70.0 Å². The van der Waals surface area contributed by atoms with Crippen LogP contribution in [0, 0.1) is 0 Å². The van der Waals surface area contributed by atoms with Gasteiger partial charge in [0.1, 0.15) is 11.5 Å². The van der Waals surface area contributed by atoms with Gasteiger partial charge in [0.2, 0.25) is 0 Å². The smallest absolute Gasteiger partial charge is 0.274 e. The molecule has 7 rings (SSSR count). The van der Waals surface area contributed by atoms with Gasteiger partial charge in [-0.2, -0.15) is 0 Å². The standard InChI is InChI=1S/C47H57N7O6S/c1-4-6-20-52(21-7-5-2)47(58)43-32-53(27-26-51-24-22-50(3)23-25-51)44(48-43)41-19-17-37(45(56)49-61(59,60)40-18-16-34-12-8-9-14-36(34)29-40)30-42(41)46(57)54-31-38-15-11-10-13-35(38)28-39(54)33-55/h8-19,29-30,32,39,55H,4-7,20-28,31,33H2,1-3H3,(H,49,56). The molecule has 0 radical (unpaired) electrons. The molecule has 61 heavy (non-hydrogen) atoms. The summed E-state index contributed by atoms with van der Waals surface area (Å²) in [5.41, 5.74) is 2.69. The first kappa shape index (κ1) is 43.7. The van der Waals surface area contributed by atoms with E-state index >= 15 is 4.79 Å². The Bertz CT molecular complexity index is 2470. The molecule has 0 spiro atoms. The summed E-state index contributed by atoms with van der Waals surface area (Å²) in [6.07, 6.45) is 5.79. The second kappa shape index (κ2) is 19.5. The number of aliphatic hydroxyl groups is 1.